The summed E-state index contributed by atoms with van der Waals surface area (Å²) in [4.78, 5) is 12.8. The Morgan fingerprint density at radius 3 is 2.70 bits per heavy atom. The highest BCUT2D eigenvalue weighted by Gasteiger charge is 2.19. The molecule has 1 aromatic heterocycles. The first kappa shape index (κ1) is 20.1. The molecule has 8 heteroatoms. The van der Waals surface area contributed by atoms with Crippen molar-refractivity contribution in [1.82, 2.24) is 4.57 Å². The van der Waals surface area contributed by atoms with Crippen molar-refractivity contribution in [2.75, 3.05) is 20.3 Å². The summed E-state index contributed by atoms with van der Waals surface area (Å²) in [6.45, 7) is 4.50. The number of hydrogen-bond donors (Lipinski definition) is 1. The number of nitrogens with zero attached hydrogens (tertiary/aromatic N) is 4. The van der Waals surface area contributed by atoms with Crippen molar-refractivity contribution >= 4 is 11.4 Å². The van der Waals surface area contributed by atoms with E-state index >= 15 is 0 Å². The number of rotatable bonds is 8. The number of hydrogen-bond acceptors (Lipinski definition) is 7. The van der Waals surface area contributed by atoms with E-state index < -0.39 is 5.56 Å². The molecule has 0 spiro atoms. The van der Waals surface area contributed by atoms with E-state index in [4.69, 9.17) is 9.47 Å². The van der Waals surface area contributed by atoms with Gasteiger partial charge in [0.2, 0.25) is 5.88 Å². The standard InChI is InChI=1S/C19H22N4O4/c1-4-27-16-9-6-5-8-15(16)21-22-17-13(2)14(12-20)18(24)23(19(17)25)10-7-11-26-3/h5-6,8-9,24H,4,7,10-11H2,1-3H3. The number of methoxy groups -OCH3 is 1. The lowest BCUT2D eigenvalue weighted by Crippen LogP contribution is -2.22. The molecule has 0 saturated carbocycles. The van der Waals surface area contributed by atoms with E-state index in [1.807, 2.05) is 19.1 Å². The number of para-hydroxylation sites is 1. The van der Waals surface area contributed by atoms with Crippen molar-refractivity contribution in [1.29, 1.82) is 5.26 Å². The van der Waals surface area contributed by atoms with Gasteiger partial charge in [0, 0.05) is 25.8 Å². The Morgan fingerprint density at radius 2 is 2.04 bits per heavy atom. The van der Waals surface area contributed by atoms with E-state index in [1.165, 1.54) is 0 Å². The van der Waals surface area contributed by atoms with Gasteiger partial charge in [-0.3, -0.25) is 9.36 Å². The lowest BCUT2D eigenvalue weighted by molar-refractivity contribution is 0.188. The molecule has 0 unspecified atom stereocenters. The molecule has 0 saturated heterocycles. The molecule has 142 valence electrons. The maximum atomic E-state index is 12.8. The van der Waals surface area contributed by atoms with E-state index in [2.05, 4.69) is 10.2 Å². The predicted molar refractivity (Wildman–Crippen MR) is 100 cm³/mol. The molecule has 27 heavy (non-hydrogen) atoms. The Balaban J connectivity index is 2.52. The molecule has 0 bridgehead atoms. The third-order valence-corrected chi connectivity index (χ3v) is 3.92. The topological polar surface area (TPSA) is 109 Å². The summed E-state index contributed by atoms with van der Waals surface area (Å²) in [5.41, 5.74) is 0.237. The van der Waals surface area contributed by atoms with Gasteiger partial charge in [-0.1, -0.05) is 12.1 Å². The molecule has 0 aliphatic heterocycles. The van der Waals surface area contributed by atoms with Crippen LogP contribution in [0.1, 0.15) is 24.5 Å². The van der Waals surface area contributed by atoms with Crippen molar-refractivity contribution in [3.05, 3.63) is 45.7 Å². The van der Waals surface area contributed by atoms with Gasteiger partial charge in [0.15, 0.2) is 5.69 Å². The summed E-state index contributed by atoms with van der Waals surface area (Å²) in [6, 6.07) is 8.99. The van der Waals surface area contributed by atoms with Gasteiger partial charge >= 0.3 is 0 Å². The van der Waals surface area contributed by atoms with Crippen LogP contribution in [0.5, 0.6) is 11.6 Å². The van der Waals surface area contributed by atoms with Crippen molar-refractivity contribution in [3.63, 3.8) is 0 Å². The zero-order valence-electron chi connectivity index (χ0n) is 15.6. The molecule has 0 aliphatic carbocycles. The molecule has 0 amide bonds. The van der Waals surface area contributed by atoms with Gasteiger partial charge in [-0.2, -0.15) is 5.26 Å². The quantitative estimate of drug-likeness (QED) is 0.564. The first-order valence-electron chi connectivity index (χ1n) is 8.54. The second kappa shape index (κ2) is 9.50. The number of aromatic hydroxyl groups is 1. The van der Waals surface area contributed by atoms with Crippen LogP contribution in [-0.2, 0) is 11.3 Å². The summed E-state index contributed by atoms with van der Waals surface area (Å²) in [5, 5.41) is 27.9. The lowest BCUT2D eigenvalue weighted by Gasteiger charge is -2.12. The van der Waals surface area contributed by atoms with Crippen LogP contribution in [0.25, 0.3) is 0 Å². The van der Waals surface area contributed by atoms with Crippen LogP contribution in [0.2, 0.25) is 0 Å². The summed E-state index contributed by atoms with van der Waals surface area (Å²) >= 11 is 0. The van der Waals surface area contributed by atoms with Gasteiger partial charge in [-0.15, -0.1) is 10.2 Å². The van der Waals surface area contributed by atoms with Crippen molar-refractivity contribution in [2.45, 2.75) is 26.8 Å². The Morgan fingerprint density at radius 1 is 1.30 bits per heavy atom. The van der Waals surface area contributed by atoms with Gasteiger partial charge < -0.3 is 14.6 Å². The molecule has 1 heterocycles. The molecule has 1 N–H and O–H groups in total. The molecular formula is C19H22N4O4. The second-order valence-electron chi connectivity index (χ2n) is 5.69. The molecule has 2 rings (SSSR count). The van der Waals surface area contributed by atoms with Crippen LogP contribution in [0, 0.1) is 18.3 Å². The minimum atomic E-state index is -0.516. The molecule has 2 aromatic rings. The van der Waals surface area contributed by atoms with Crippen LogP contribution in [0.3, 0.4) is 0 Å². The largest absolute Gasteiger partial charge is 0.493 e. The first-order valence-corrected chi connectivity index (χ1v) is 8.54. The van der Waals surface area contributed by atoms with Crippen LogP contribution in [0.4, 0.5) is 11.4 Å². The van der Waals surface area contributed by atoms with Gasteiger partial charge in [-0.25, -0.2) is 0 Å². The lowest BCUT2D eigenvalue weighted by atomic mass is 10.1. The van der Waals surface area contributed by atoms with Gasteiger partial charge in [0.05, 0.1) is 6.61 Å². The fourth-order valence-electron chi connectivity index (χ4n) is 2.55. The van der Waals surface area contributed by atoms with E-state index in [0.717, 1.165) is 4.57 Å². The van der Waals surface area contributed by atoms with Crippen LogP contribution in [-0.4, -0.2) is 30.0 Å². The molecular weight excluding hydrogens is 348 g/mol. The Kier molecular flexibility index (Phi) is 7.08. The van der Waals surface area contributed by atoms with E-state index in [1.54, 1.807) is 32.2 Å². The Bertz CT molecular complexity index is 929. The first-order chi connectivity index (χ1) is 13.0. The van der Waals surface area contributed by atoms with Gasteiger partial charge in [-0.05, 0) is 32.4 Å². The average Bonchev–Trinajstić information content (AvgIpc) is 2.66. The minimum Gasteiger partial charge on any atom is -0.493 e. The van der Waals surface area contributed by atoms with Crippen molar-refractivity contribution in [3.8, 4) is 17.7 Å². The fraction of sp³-hybridized carbons (Fsp3) is 0.368. The summed E-state index contributed by atoms with van der Waals surface area (Å²) < 4.78 is 11.6. The Hall–Kier alpha value is -3.18. The van der Waals surface area contributed by atoms with Crippen molar-refractivity contribution in [2.24, 2.45) is 10.2 Å². The van der Waals surface area contributed by atoms with E-state index in [0.29, 0.717) is 31.1 Å². The third kappa shape index (κ3) is 4.51. The van der Waals surface area contributed by atoms with Crippen LogP contribution in [0.15, 0.2) is 39.3 Å². The minimum absolute atomic E-state index is 0.000870. The second-order valence-corrected chi connectivity index (χ2v) is 5.69. The molecule has 0 aliphatic rings. The number of pyridine rings is 1. The fourth-order valence-corrected chi connectivity index (χ4v) is 2.55. The highest BCUT2D eigenvalue weighted by molar-refractivity contribution is 5.57. The van der Waals surface area contributed by atoms with Gasteiger partial charge in [0.1, 0.15) is 23.1 Å². The smallest absolute Gasteiger partial charge is 0.281 e. The summed E-state index contributed by atoms with van der Waals surface area (Å²) in [7, 11) is 1.55. The average molecular weight is 370 g/mol. The zero-order chi connectivity index (χ0) is 19.8. The normalized spacial score (nSPS) is 10.9. The molecule has 0 fully saturated rings. The molecule has 1 aromatic carbocycles. The van der Waals surface area contributed by atoms with Crippen LogP contribution < -0.4 is 10.3 Å². The maximum Gasteiger partial charge on any atom is 0.281 e. The van der Waals surface area contributed by atoms with Gasteiger partial charge in [0.25, 0.3) is 5.56 Å². The van der Waals surface area contributed by atoms with E-state index in [9.17, 15) is 15.2 Å². The van der Waals surface area contributed by atoms with Crippen molar-refractivity contribution < 1.29 is 14.6 Å². The number of aromatic nitrogens is 1. The molecule has 8 nitrogen and oxygen atoms in total. The Labute approximate surface area is 157 Å². The maximum absolute atomic E-state index is 12.8. The van der Waals surface area contributed by atoms with Crippen LogP contribution >= 0.6 is 0 Å². The molecule has 0 radical (unpaired) electrons. The number of azo groups is 1. The molecule has 0 atom stereocenters. The monoisotopic (exact) mass is 370 g/mol. The summed E-state index contributed by atoms with van der Waals surface area (Å²) in [5.74, 6) is 0.172. The third-order valence-electron chi connectivity index (χ3n) is 3.92. The SMILES string of the molecule is CCOc1ccccc1N=Nc1c(C)c(C#N)c(O)n(CCCOC)c1=O. The van der Waals surface area contributed by atoms with E-state index in [-0.39, 0.29) is 29.2 Å². The summed E-state index contributed by atoms with van der Waals surface area (Å²) in [6.07, 6.45) is 0.502. The number of benzene rings is 1. The predicted octanol–water partition coefficient (Wildman–Crippen LogP) is 3.58. The zero-order valence-corrected chi connectivity index (χ0v) is 15.6. The highest BCUT2D eigenvalue weighted by Crippen LogP contribution is 2.30. The number of ether oxygens (including phenoxy) is 2. The number of nitriles is 1. The highest BCUT2D eigenvalue weighted by atomic mass is 16.5.